The van der Waals surface area contributed by atoms with Crippen molar-refractivity contribution in [3.8, 4) is 16.9 Å². The van der Waals surface area contributed by atoms with Crippen molar-refractivity contribution in [2.24, 2.45) is 0 Å². The van der Waals surface area contributed by atoms with E-state index in [1.54, 1.807) is 12.1 Å². The van der Waals surface area contributed by atoms with Gasteiger partial charge in [-0.05, 0) is 23.3 Å². The Morgan fingerprint density at radius 2 is 1.83 bits per heavy atom. The molecular formula is C18H18N2O4. The largest absolute Gasteiger partial charge is 0.506 e. The molecule has 0 fully saturated rings. The van der Waals surface area contributed by atoms with Gasteiger partial charge in [0, 0.05) is 5.57 Å². The lowest BCUT2D eigenvalue weighted by atomic mass is 10.0. The first kappa shape index (κ1) is 17.1. The average molecular weight is 326 g/mol. The third-order valence-electron chi connectivity index (χ3n) is 3.29. The Morgan fingerprint density at radius 1 is 1.12 bits per heavy atom. The van der Waals surface area contributed by atoms with Crippen LogP contribution >= 0.6 is 0 Å². The minimum atomic E-state index is -0.593. The van der Waals surface area contributed by atoms with Gasteiger partial charge >= 0.3 is 12.0 Å². The van der Waals surface area contributed by atoms with Crippen LogP contribution in [0, 0.1) is 0 Å². The molecule has 6 heteroatoms. The topological polar surface area (TPSA) is 87.7 Å². The molecule has 124 valence electrons. The molecule has 2 aromatic rings. The molecule has 2 amide bonds. The van der Waals surface area contributed by atoms with Crippen molar-refractivity contribution in [3.63, 3.8) is 0 Å². The van der Waals surface area contributed by atoms with Crippen LogP contribution in [0.5, 0.6) is 5.75 Å². The first-order chi connectivity index (χ1) is 11.5. The molecule has 0 unspecified atom stereocenters. The number of anilines is 1. The van der Waals surface area contributed by atoms with E-state index in [0.29, 0.717) is 0 Å². The number of methoxy groups -OCH3 is 1. The van der Waals surface area contributed by atoms with Gasteiger partial charge in [0.1, 0.15) is 5.75 Å². The van der Waals surface area contributed by atoms with Crippen LogP contribution in [0.1, 0.15) is 0 Å². The van der Waals surface area contributed by atoms with E-state index in [-0.39, 0.29) is 23.6 Å². The summed E-state index contributed by atoms with van der Waals surface area (Å²) in [5, 5.41) is 14.9. The normalized spacial score (nSPS) is 9.88. The molecule has 2 rings (SSSR count). The Morgan fingerprint density at radius 3 is 2.50 bits per heavy atom. The van der Waals surface area contributed by atoms with Crippen molar-refractivity contribution in [1.29, 1.82) is 0 Å². The smallest absolute Gasteiger partial charge is 0.334 e. The van der Waals surface area contributed by atoms with Gasteiger partial charge in [-0.15, -0.1) is 0 Å². The maximum absolute atomic E-state index is 11.9. The van der Waals surface area contributed by atoms with E-state index in [2.05, 4.69) is 21.9 Å². The molecule has 0 heterocycles. The highest BCUT2D eigenvalue weighted by Gasteiger charge is 2.11. The van der Waals surface area contributed by atoms with E-state index in [1.165, 1.54) is 13.2 Å². The van der Waals surface area contributed by atoms with Crippen molar-refractivity contribution >= 4 is 17.7 Å². The molecule has 0 aliphatic rings. The van der Waals surface area contributed by atoms with Crippen molar-refractivity contribution in [2.45, 2.75) is 0 Å². The Kier molecular flexibility index (Phi) is 5.57. The van der Waals surface area contributed by atoms with Crippen LogP contribution < -0.4 is 10.6 Å². The molecule has 3 N–H and O–H groups in total. The van der Waals surface area contributed by atoms with E-state index < -0.39 is 12.0 Å². The molecular weight excluding hydrogens is 308 g/mol. The van der Waals surface area contributed by atoms with Gasteiger partial charge in [-0.25, -0.2) is 9.59 Å². The second-order valence-corrected chi connectivity index (χ2v) is 5.00. The summed E-state index contributed by atoms with van der Waals surface area (Å²) in [6.45, 7) is 3.45. The van der Waals surface area contributed by atoms with Crippen LogP contribution in [-0.2, 0) is 9.53 Å². The fourth-order valence-electron chi connectivity index (χ4n) is 2.02. The minimum Gasteiger partial charge on any atom is -0.506 e. The number of benzene rings is 2. The van der Waals surface area contributed by atoms with Gasteiger partial charge in [0.2, 0.25) is 0 Å². The average Bonchev–Trinajstić information content (AvgIpc) is 2.61. The minimum absolute atomic E-state index is 0.0579. The van der Waals surface area contributed by atoms with E-state index in [1.807, 2.05) is 30.3 Å². The first-order valence-corrected chi connectivity index (χ1v) is 7.20. The van der Waals surface area contributed by atoms with Gasteiger partial charge in [-0.2, -0.15) is 0 Å². The molecule has 0 radical (unpaired) electrons. The second kappa shape index (κ2) is 7.82. The van der Waals surface area contributed by atoms with Crippen molar-refractivity contribution < 1.29 is 19.4 Å². The zero-order chi connectivity index (χ0) is 17.5. The van der Waals surface area contributed by atoms with Crippen molar-refractivity contribution in [1.82, 2.24) is 5.32 Å². The van der Waals surface area contributed by atoms with Crippen LogP contribution in [-0.4, -0.2) is 30.8 Å². The van der Waals surface area contributed by atoms with Crippen LogP contribution in [0.2, 0.25) is 0 Å². The maximum atomic E-state index is 11.9. The molecule has 0 saturated carbocycles. The fraction of sp³-hybridized carbons (Fsp3) is 0.111. The highest BCUT2D eigenvalue weighted by Crippen LogP contribution is 2.29. The second-order valence-electron chi connectivity index (χ2n) is 5.00. The van der Waals surface area contributed by atoms with Crippen LogP contribution in [0.25, 0.3) is 11.1 Å². The summed E-state index contributed by atoms with van der Waals surface area (Å²) in [5.74, 6) is -0.652. The van der Waals surface area contributed by atoms with Gasteiger partial charge in [0.25, 0.3) is 0 Å². The number of hydrogen-bond donors (Lipinski definition) is 3. The molecule has 0 aliphatic carbocycles. The molecule has 0 saturated heterocycles. The monoisotopic (exact) mass is 326 g/mol. The number of rotatable bonds is 5. The zero-order valence-corrected chi connectivity index (χ0v) is 13.2. The molecule has 24 heavy (non-hydrogen) atoms. The SMILES string of the molecule is C=C(CNC(=O)Nc1cc(-c2ccccc2)ccc1O)C(=O)OC. The lowest BCUT2D eigenvalue weighted by molar-refractivity contribution is -0.136. The van der Waals surface area contributed by atoms with Gasteiger partial charge in [-0.1, -0.05) is 43.0 Å². The molecule has 2 aromatic carbocycles. The lowest BCUT2D eigenvalue weighted by Gasteiger charge is -2.11. The molecule has 0 aromatic heterocycles. The summed E-state index contributed by atoms with van der Waals surface area (Å²) in [4.78, 5) is 23.1. The van der Waals surface area contributed by atoms with Crippen LogP contribution in [0.3, 0.4) is 0 Å². The summed E-state index contributed by atoms with van der Waals surface area (Å²) in [7, 11) is 1.24. The Bertz CT molecular complexity index is 757. The lowest BCUT2D eigenvalue weighted by Crippen LogP contribution is -2.31. The third-order valence-corrected chi connectivity index (χ3v) is 3.29. The van der Waals surface area contributed by atoms with Crippen LogP contribution in [0.15, 0.2) is 60.7 Å². The summed E-state index contributed by atoms with van der Waals surface area (Å²) in [6, 6.07) is 13.9. The summed E-state index contributed by atoms with van der Waals surface area (Å²) >= 11 is 0. The highest BCUT2D eigenvalue weighted by atomic mass is 16.5. The van der Waals surface area contributed by atoms with Crippen molar-refractivity contribution in [2.75, 3.05) is 19.0 Å². The summed E-state index contributed by atoms with van der Waals surface area (Å²) < 4.78 is 4.50. The summed E-state index contributed by atoms with van der Waals surface area (Å²) in [5.41, 5.74) is 2.19. The Balaban J connectivity index is 2.05. The quantitative estimate of drug-likeness (QED) is 0.448. The van der Waals surface area contributed by atoms with Gasteiger partial charge in [0.05, 0.1) is 19.3 Å². The zero-order valence-electron chi connectivity index (χ0n) is 13.2. The molecule has 6 nitrogen and oxygen atoms in total. The Hall–Kier alpha value is -3.28. The number of urea groups is 1. The number of phenols is 1. The molecule has 0 atom stereocenters. The number of aromatic hydroxyl groups is 1. The third kappa shape index (κ3) is 4.36. The fourth-order valence-corrected chi connectivity index (χ4v) is 2.02. The first-order valence-electron chi connectivity index (χ1n) is 7.20. The number of carbonyl (C=O) groups is 2. The van der Waals surface area contributed by atoms with E-state index in [0.717, 1.165) is 11.1 Å². The maximum Gasteiger partial charge on any atom is 0.334 e. The summed E-state index contributed by atoms with van der Waals surface area (Å²) in [6.07, 6.45) is 0. The number of phenolic OH excluding ortho intramolecular Hbond substituents is 1. The number of amides is 2. The number of ether oxygens (including phenoxy) is 1. The van der Waals surface area contributed by atoms with E-state index in [4.69, 9.17) is 0 Å². The molecule has 0 aliphatic heterocycles. The molecule has 0 spiro atoms. The number of esters is 1. The Labute approximate surface area is 139 Å². The predicted octanol–water partition coefficient (Wildman–Crippen LogP) is 2.91. The van der Waals surface area contributed by atoms with Gasteiger partial charge in [-0.3, -0.25) is 0 Å². The predicted molar refractivity (Wildman–Crippen MR) is 91.7 cm³/mol. The van der Waals surface area contributed by atoms with Gasteiger partial charge < -0.3 is 20.5 Å². The van der Waals surface area contributed by atoms with Crippen molar-refractivity contribution in [3.05, 3.63) is 60.7 Å². The van der Waals surface area contributed by atoms with Gasteiger partial charge in [0.15, 0.2) is 0 Å². The van der Waals surface area contributed by atoms with E-state index >= 15 is 0 Å². The highest BCUT2D eigenvalue weighted by molar-refractivity contribution is 5.94. The number of hydrogen-bond acceptors (Lipinski definition) is 4. The molecule has 0 bridgehead atoms. The van der Waals surface area contributed by atoms with E-state index in [9.17, 15) is 14.7 Å². The number of nitrogens with one attached hydrogen (secondary N) is 2. The standard InChI is InChI=1S/C18H18N2O4/c1-12(17(22)24-2)11-19-18(23)20-15-10-14(8-9-16(15)21)13-6-4-3-5-7-13/h3-10,21H,1,11H2,2H3,(H2,19,20,23). The number of carbonyl (C=O) groups excluding carboxylic acids is 2. The van der Waals surface area contributed by atoms with Crippen LogP contribution in [0.4, 0.5) is 10.5 Å².